The normalized spacial score (nSPS) is 13.6. The van der Waals surface area contributed by atoms with Crippen LogP contribution in [0.4, 0.5) is 11.6 Å². The minimum atomic E-state index is -0.464. The number of nitrogens with one attached hydrogen (secondary N) is 1. The van der Waals surface area contributed by atoms with Crippen molar-refractivity contribution in [1.82, 2.24) is 9.55 Å². The zero-order valence-corrected chi connectivity index (χ0v) is 21.7. The predicted octanol–water partition coefficient (Wildman–Crippen LogP) is 4.65. The molecule has 2 aromatic carbocycles. The van der Waals surface area contributed by atoms with Gasteiger partial charge in [-0.3, -0.25) is 14.9 Å². The Labute approximate surface area is 216 Å². The van der Waals surface area contributed by atoms with Gasteiger partial charge < -0.3 is 18.9 Å². The van der Waals surface area contributed by atoms with E-state index in [1.807, 2.05) is 22.8 Å². The van der Waals surface area contributed by atoms with Crippen molar-refractivity contribution in [2.75, 3.05) is 38.1 Å². The second kappa shape index (κ2) is 12.0. The Morgan fingerprint density at radius 2 is 1.76 bits per heavy atom. The lowest BCUT2D eigenvalue weighted by Gasteiger charge is -2.19. The average molecular weight is 507 g/mol. The van der Waals surface area contributed by atoms with Crippen LogP contribution in [0.3, 0.4) is 0 Å². The number of amides is 2. The molecule has 4 rings (SSSR count). The first-order valence-electron chi connectivity index (χ1n) is 12.7. The number of methoxy groups -OCH3 is 2. The number of imidazole rings is 1. The summed E-state index contributed by atoms with van der Waals surface area (Å²) in [5.74, 6) is 0.181. The first-order chi connectivity index (χ1) is 17.9. The summed E-state index contributed by atoms with van der Waals surface area (Å²) in [5.41, 5.74) is 3.07. The summed E-state index contributed by atoms with van der Waals surface area (Å²) in [6.07, 6.45) is 5.96. The molecule has 2 amide bonds. The van der Waals surface area contributed by atoms with Gasteiger partial charge in [0.1, 0.15) is 0 Å². The molecule has 0 bridgehead atoms. The molecule has 0 atom stereocenters. The van der Waals surface area contributed by atoms with Crippen LogP contribution in [-0.2, 0) is 20.8 Å². The van der Waals surface area contributed by atoms with Crippen molar-refractivity contribution in [2.45, 2.75) is 45.1 Å². The second-order valence-electron chi connectivity index (χ2n) is 9.44. The van der Waals surface area contributed by atoms with Gasteiger partial charge in [0.2, 0.25) is 11.9 Å². The van der Waals surface area contributed by atoms with Crippen LogP contribution in [-0.4, -0.2) is 55.2 Å². The van der Waals surface area contributed by atoms with Gasteiger partial charge in [-0.05, 0) is 67.6 Å². The van der Waals surface area contributed by atoms with Crippen LogP contribution in [0.25, 0.3) is 11.0 Å². The number of aromatic nitrogens is 2. The molecular weight excluding hydrogens is 472 g/mol. The molecule has 0 radical (unpaired) electrons. The van der Waals surface area contributed by atoms with Crippen molar-refractivity contribution in [2.24, 2.45) is 5.92 Å². The predicted molar refractivity (Wildman–Crippen MR) is 142 cm³/mol. The molecule has 0 aliphatic heterocycles. The summed E-state index contributed by atoms with van der Waals surface area (Å²) >= 11 is 0. The van der Waals surface area contributed by atoms with E-state index in [0.29, 0.717) is 48.1 Å². The molecular formula is C28H34N4O5. The van der Waals surface area contributed by atoms with Crippen molar-refractivity contribution in [3.05, 3.63) is 53.6 Å². The molecule has 37 heavy (non-hydrogen) atoms. The molecule has 0 spiro atoms. The molecule has 1 heterocycles. The maximum atomic E-state index is 13.0. The number of anilines is 2. The number of esters is 1. The Morgan fingerprint density at radius 1 is 1.05 bits per heavy atom. The molecule has 9 nitrogen and oxygen atoms in total. The fourth-order valence-corrected chi connectivity index (χ4v) is 4.81. The quantitative estimate of drug-likeness (QED) is 0.317. The standard InChI is InChI=1S/C28H34N4O5/c1-31(25(33)17-19-7-4-5-8-19)22-13-14-24-23(18-22)29-28(32(24)15-6-16-36-2)30-26(34)20-9-11-21(12-10-20)27(35)37-3/h9-14,18-19H,4-8,15-17H2,1-3H3,(H,29,30,34). The van der Waals surface area contributed by atoms with E-state index >= 15 is 0 Å². The highest BCUT2D eigenvalue weighted by Crippen LogP contribution is 2.30. The number of carbonyl (C=O) groups is 3. The smallest absolute Gasteiger partial charge is 0.337 e. The zero-order valence-electron chi connectivity index (χ0n) is 21.7. The molecule has 1 saturated carbocycles. The topological polar surface area (TPSA) is 103 Å². The Hall–Kier alpha value is -3.72. The van der Waals surface area contributed by atoms with E-state index in [9.17, 15) is 14.4 Å². The van der Waals surface area contributed by atoms with Crippen LogP contribution in [0.15, 0.2) is 42.5 Å². The Balaban J connectivity index is 1.57. The van der Waals surface area contributed by atoms with Gasteiger partial charge >= 0.3 is 5.97 Å². The monoisotopic (exact) mass is 506 g/mol. The summed E-state index contributed by atoms with van der Waals surface area (Å²) in [4.78, 5) is 43.9. The number of ether oxygens (including phenoxy) is 2. The number of aryl methyl sites for hydroxylation is 1. The number of hydrogen-bond acceptors (Lipinski definition) is 6. The SMILES string of the molecule is COCCCn1c(NC(=O)c2ccc(C(=O)OC)cc2)nc2cc(N(C)C(=O)CC3CCCC3)ccc21. The maximum Gasteiger partial charge on any atom is 0.337 e. The Kier molecular flexibility index (Phi) is 8.55. The molecule has 1 aliphatic carbocycles. The summed E-state index contributed by atoms with van der Waals surface area (Å²) in [6.45, 7) is 1.16. The Morgan fingerprint density at radius 3 is 2.43 bits per heavy atom. The van der Waals surface area contributed by atoms with Gasteiger partial charge in [-0.1, -0.05) is 12.8 Å². The van der Waals surface area contributed by atoms with Crippen LogP contribution in [0.2, 0.25) is 0 Å². The largest absolute Gasteiger partial charge is 0.465 e. The minimum absolute atomic E-state index is 0.106. The van der Waals surface area contributed by atoms with Crippen molar-refractivity contribution >= 4 is 40.5 Å². The van der Waals surface area contributed by atoms with Gasteiger partial charge in [0.15, 0.2) is 0 Å². The van der Waals surface area contributed by atoms with E-state index in [-0.39, 0.29) is 11.8 Å². The molecule has 0 unspecified atom stereocenters. The third-order valence-electron chi connectivity index (χ3n) is 6.95. The highest BCUT2D eigenvalue weighted by molar-refractivity contribution is 6.05. The minimum Gasteiger partial charge on any atom is -0.465 e. The van der Waals surface area contributed by atoms with E-state index in [0.717, 1.165) is 30.5 Å². The van der Waals surface area contributed by atoms with Crippen molar-refractivity contribution in [1.29, 1.82) is 0 Å². The van der Waals surface area contributed by atoms with E-state index in [2.05, 4.69) is 5.32 Å². The van der Waals surface area contributed by atoms with Gasteiger partial charge in [-0.15, -0.1) is 0 Å². The van der Waals surface area contributed by atoms with Gasteiger partial charge in [-0.2, -0.15) is 0 Å². The third kappa shape index (κ3) is 6.17. The van der Waals surface area contributed by atoms with Crippen LogP contribution in [0.5, 0.6) is 0 Å². The molecule has 9 heteroatoms. The number of fused-ring (bicyclic) bond motifs is 1. The number of hydrogen-bond donors (Lipinski definition) is 1. The van der Waals surface area contributed by atoms with E-state index in [4.69, 9.17) is 14.5 Å². The molecule has 1 aliphatic rings. The fourth-order valence-electron chi connectivity index (χ4n) is 4.81. The highest BCUT2D eigenvalue weighted by Gasteiger charge is 2.22. The molecule has 1 N–H and O–H groups in total. The van der Waals surface area contributed by atoms with Crippen LogP contribution in [0, 0.1) is 5.92 Å². The van der Waals surface area contributed by atoms with Gasteiger partial charge in [0.25, 0.3) is 5.91 Å². The average Bonchev–Trinajstić information content (AvgIpc) is 3.55. The first-order valence-corrected chi connectivity index (χ1v) is 12.7. The van der Waals surface area contributed by atoms with E-state index in [1.54, 1.807) is 43.3 Å². The fraction of sp³-hybridized carbons (Fsp3) is 0.429. The molecule has 1 aromatic heterocycles. The highest BCUT2D eigenvalue weighted by atomic mass is 16.5. The summed E-state index contributed by atoms with van der Waals surface area (Å²) in [5, 5.41) is 2.90. The number of rotatable bonds is 10. The van der Waals surface area contributed by atoms with Crippen LogP contribution < -0.4 is 10.2 Å². The summed E-state index contributed by atoms with van der Waals surface area (Å²) < 4.78 is 11.9. The molecule has 196 valence electrons. The van der Waals surface area contributed by atoms with Crippen LogP contribution in [0.1, 0.15) is 59.2 Å². The van der Waals surface area contributed by atoms with E-state index in [1.165, 1.54) is 20.0 Å². The van der Waals surface area contributed by atoms with Crippen molar-refractivity contribution in [3.8, 4) is 0 Å². The van der Waals surface area contributed by atoms with Gasteiger partial charge in [-0.25, -0.2) is 9.78 Å². The Bertz CT molecular complexity index is 1260. The number of benzene rings is 2. The second-order valence-corrected chi connectivity index (χ2v) is 9.44. The lowest BCUT2D eigenvalue weighted by molar-refractivity contribution is -0.119. The van der Waals surface area contributed by atoms with Crippen LogP contribution >= 0.6 is 0 Å². The molecule has 1 fully saturated rings. The number of nitrogens with zero attached hydrogens (tertiary/aromatic N) is 3. The first kappa shape index (κ1) is 26.3. The lowest BCUT2D eigenvalue weighted by atomic mass is 10.0. The molecule has 3 aromatic rings. The van der Waals surface area contributed by atoms with Gasteiger partial charge in [0.05, 0.1) is 23.7 Å². The number of carbonyl (C=O) groups excluding carboxylic acids is 3. The van der Waals surface area contributed by atoms with Crippen molar-refractivity contribution in [3.63, 3.8) is 0 Å². The zero-order chi connectivity index (χ0) is 26.4. The summed E-state index contributed by atoms with van der Waals surface area (Å²) in [6, 6.07) is 12.0. The third-order valence-corrected chi connectivity index (χ3v) is 6.95. The lowest BCUT2D eigenvalue weighted by Crippen LogP contribution is -2.27. The van der Waals surface area contributed by atoms with Gasteiger partial charge in [0, 0.05) is 45.0 Å². The molecule has 0 saturated heterocycles. The van der Waals surface area contributed by atoms with Crippen molar-refractivity contribution < 1.29 is 23.9 Å². The summed E-state index contributed by atoms with van der Waals surface area (Å²) in [7, 11) is 4.76. The van der Waals surface area contributed by atoms with E-state index < -0.39 is 5.97 Å². The maximum absolute atomic E-state index is 13.0.